The Morgan fingerprint density at radius 1 is 0.931 bits per heavy atom. The summed E-state index contributed by atoms with van der Waals surface area (Å²) in [6.45, 7) is 10.3. The summed E-state index contributed by atoms with van der Waals surface area (Å²) in [5.74, 6) is -5.23. The molecule has 0 aromatic heterocycles. The van der Waals surface area contributed by atoms with E-state index in [0.717, 1.165) is 12.1 Å². The van der Waals surface area contributed by atoms with E-state index in [4.69, 9.17) is 0 Å². The normalized spacial score (nSPS) is 15.1. The maximum Gasteiger partial charge on any atom is 0.326 e. The summed E-state index contributed by atoms with van der Waals surface area (Å²) in [5.41, 5.74) is -1.70. The molecule has 0 aliphatic carbocycles. The van der Waals surface area contributed by atoms with Crippen molar-refractivity contribution in [2.75, 3.05) is 0 Å². The van der Waals surface area contributed by atoms with E-state index < -0.39 is 51.5 Å². The van der Waals surface area contributed by atoms with E-state index in [-0.39, 0.29) is 11.3 Å². The summed E-state index contributed by atoms with van der Waals surface area (Å²) in [5, 5.41) is 32.8. The van der Waals surface area contributed by atoms with Gasteiger partial charge in [-0.2, -0.15) is 0 Å². The highest BCUT2D eigenvalue weighted by molar-refractivity contribution is 5.97. The third-order valence-corrected chi connectivity index (χ3v) is 4.81. The lowest BCUT2D eigenvalue weighted by molar-refractivity contribution is -0.384. The molecule has 0 spiro atoms. The van der Waals surface area contributed by atoms with Gasteiger partial charge in [-0.15, -0.1) is 0 Å². The Balaban J connectivity index is 3.35. The summed E-state index contributed by atoms with van der Waals surface area (Å²) in [6, 6.07) is 3.24. The summed E-state index contributed by atoms with van der Waals surface area (Å²) >= 11 is 0. The molecule has 9 heteroatoms. The van der Waals surface area contributed by atoms with Crippen LogP contribution in [0, 0.1) is 32.8 Å². The van der Waals surface area contributed by atoms with Crippen LogP contribution in [0.25, 0.3) is 0 Å². The molecule has 0 heterocycles. The standard InChI is InChI=1S/C20H28N2O7/c1-19(2,3)13(14(17(24)25)20(4,5)6)15(18(26)27)21-16(23)11-7-9-12(10-8-11)22(28)29/h7-10,13-15H,1-6H3,(H,21,23)(H,24,25)(H,26,27)/t13?,14?,15-/m0/s1. The van der Waals surface area contributed by atoms with Gasteiger partial charge in [0.05, 0.1) is 10.8 Å². The maximum absolute atomic E-state index is 12.6. The van der Waals surface area contributed by atoms with Crippen LogP contribution >= 0.6 is 0 Å². The zero-order chi connectivity index (χ0) is 22.7. The van der Waals surface area contributed by atoms with Crippen molar-refractivity contribution >= 4 is 23.5 Å². The number of hydrogen-bond donors (Lipinski definition) is 3. The molecule has 0 saturated carbocycles. The Kier molecular flexibility index (Phi) is 7.13. The number of nitro benzene ring substituents is 1. The number of non-ortho nitro benzene ring substituents is 1. The molecule has 160 valence electrons. The van der Waals surface area contributed by atoms with Crippen LogP contribution in [0.3, 0.4) is 0 Å². The van der Waals surface area contributed by atoms with Crippen LogP contribution in [0.5, 0.6) is 0 Å². The molecule has 2 unspecified atom stereocenters. The van der Waals surface area contributed by atoms with Crippen LogP contribution in [0.1, 0.15) is 51.9 Å². The Bertz CT molecular complexity index is 789. The molecule has 3 N–H and O–H groups in total. The second-order valence-electron chi connectivity index (χ2n) is 9.17. The zero-order valence-corrected chi connectivity index (χ0v) is 17.4. The van der Waals surface area contributed by atoms with Crippen molar-refractivity contribution in [2.45, 2.75) is 47.6 Å². The molecule has 1 aromatic carbocycles. The number of amides is 1. The lowest BCUT2D eigenvalue weighted by Gasteiger charge is -2.44. The molecule has 0 aliphatic rings. The van der Waals surface area contributed by atoms with E-state index in [1.807, 2.05) is 0 Å². The molecule has 1 amide bonds. The van der Waals surface area contributed by atoms with Crippen LogP contribution in [0.15, 0.2) is 24.3 Å². The number of carboxylic acid groups (broad SMARTS) is 2. The summed E-state index contributed by atoms with van der Waals surface area (Å²) in [6.07, 6.45) is 0. The fourth-order valence-electron chi connectivity index (χ4n) is 3.52. The minimum absolute atomic E-state index is 0.0390. The van der Waals surface area contributed by atoms with Gasteiger partial charge < -0.3 is 15.5 Å². The lowest BCUT2D eigenvalue weighted by Crippen LogP contribution is -2.56. The first-order valence-electron chi connectivity index (χ1n) is 9.08. The summed E-state index contributed by atoms with van der Waals surface area (Å²) in [7, 11) is 0. The summed E-state index contributed by atoms with van der Waals surface area (Å²) < 4.78 is 0. The van der Waals surface area contributed by atoms with Crippen molar-refractivity contribution in [3.8, 4) is 0 Å². The van der Waals surface area contributed by atoms with Crippen molar-refractivity contribution in [3.05, 3.63) is 39.9 Å². The minimum atomic E-state index is -1.47. The van der Waals surface area contributed by atoms with Crippen molar-refractivity contribution in [3.63, 3.8) is 0 Å². The molecular weight excluding hydrogens is 380 g/mol. The van der Waals surface area contributed by atoms with Gasteiger partial charge in [-0.25, -0.2) is 4.79 Å². The second-order valence-corrected chi connectivity index (χ2v) is 9.17. The Labute approximate surface area is 169 Å². The van der Waals surface area contributed by atoms with Gasteiger partial charge >= 0.3 is 11.9 Å². The first kappa shape index (κ1) is 24.1. The number of benzene rings is 1. The highest BCUT2D eigenvalue weighted by atomic mass is 16.6. The molecule has 1 aromatic rings. The quantitative estimate of drug-likeness (QED) is 0.463. The van der Waals surface area contributed by atoms with Gasteiger partial charge in [0.1, 0.15) is 6.04 Å². The average Bonchev–Trinajstić information content (AvgIpc) is 2.54. The van der Waals surface area contributed by atoms with Gasteiger partial charge in [0.25, 0.3) is 11.6 Å². The van der Waals surface area contributed by atoms with Gasteiger partial charge in [-0.05, 0) is 23.0 Å². The third kappa shape index (κ3) is 6.00. The molecule has 0 aliphatic heterocycles. The van der Waals surface area contributed by atoms with Crippen LogP contribution in [-0.4, -0.2) is 39.0 Å². The zero-order valence-electron chi connectivity index (χ0n) is 17.4. The number of hydrogen-bond acceptors (Lipinski definition) is 5. The number of carbonyl (C=O) groups is 3. The third-order valence-electron chi connectivity index (χ3n) is 4.81. The largest absolute Gasteiger partial charge is 0.481 e. The van der Waals surface area contributed by atoms with Gasteiger partial charge in [0.15, 0.2) is 0 Å². The van der Waals surface area contributed by atoms with E-state index in [0.29, 0.717) is 0 Å². The Morgan fingerprint density at radius 3 is 1.72 bits per heavy atom. The second kappa shape index (κ2) is 8.59. The Hall–Kier alpha value is -2.97. The fourth-order valence-corrected chi connectivity index (χ4v) is 3.52. The van der Waals surface area contributed by atoms with E-state index in [9.17, 15) is 34.7 Å². The lowest BCUT2D eigenvalue weighted by atomic mass is 9.61. The predicted octanol–water partition coefficient (Wildman–Crippen LogP) is 3.19. The van der Waals surface area contributed by atoms with Crippen LogP contribution in [0.2, 0.25) is 0 Å². The van der Waals surface area contributed by atoms with Crippen molar-refractivity contribution in [2.24, 2.45) is 22.7 Å². The maximum atomic E-state index is 12.6. The molecule has 1 rings (SSSR count). The van der Waals surface area contributed by atoms with Gasteiger partial charge in [0, 0.05) is 23.6 Å². The molecule has 0 saturated heterocycles. The average molecular weight is 408 g/mol. The van der Waals surface area contributed by atoms with Crippen LogP contribution < -0.4 is 5.32 Å². The van der Waals surface area contributed by atoms with E-state index >= 15 is 0 Å². The highest BCUT2D eigenvalue weighted by Crippen LogP contribution is 2.43. The highest BCUT2D eigenvalue weighted by Gasteiger charge is 2.50. The molecule has 0 bridgehead atoms. The summed E-state index contributed by atoms with van der Waals surface area (Å²) in [4.78, 5) is 46.9. The predicted molar refractivity (Wildman–Crippen MR) is 106 cm³/mol. The van der Waals surface area contributed by atoms with E-state index in [2.05, 4.69) is 5.32 Å². The first-order valence-corrected chi connectivity index (χ1v) is 9.08. The molecule has 9 nitrogen and oxygen atoms in total. The Morgan fingerprint density at radius 2 is 1.41 bits per heavy atom. The van der Waals surface area contributed by atoms with Gasteiger partial charge in [0.2, 0.25) is 0 Å². The fraction of sp³-hybridized carbons (Fsp3) is 0.550. The minimum Gasteiger partial charge on any atom is -0.481 e. The number of carboxylic acids is 2. The smallest absolute Gasteiger partial charge is 0.326 e. The topological polar surface area (TPSA) is 147 Å². The SMILES string of the molecule is CC(C)(C)C(C(=O)O)C([C@H](NC(=O)c1ccc([N+](=O)[O-])cc1)C(=O)O)C(C)(C)C. The number of nitrogens with zero attached hydrogens (tertiary/aromatic N) is 1. The molecule has 29 heavy (non-hydrogen) atoms. The molecule has 3 atom stereocenters. The number of carbonyl (C=O) groups excluding carboxylic acids is 1. The molecular formula is C20H28N2O7. The van der Waals surface area contributed by atoms with E-state index in [1.165, 1.54) is 12.1 Å². The van der Waals surface area contributed by atoms with Crippen molar-refractivity contribution in [1.82, 2.24) is 5.32 Å². The van der Waals surface area contributed by atoms with Crippen LogP contribution in [0.4, 0.5) is 5.69 Å². The number of nitro groups is 1. The number of aliphatic carboxylic acids is 2. The number of rotatable bonds is 7. The van der Waals surface area contributed by atoms with Crippen molar-refractivity contribution < 1.29 is 29.5 Å². The molecule has 0 fully saturated rings. The number of nitrogens with one attached hydrogen (secondary N) is 1. The molecule has 0 radical (unpaired) electrons. The van der Waals surface area contributed by atoms with Gasteiger partial charge in [-0.3, -0.25) is 19.7 Å². The monoisotopic (exact) mass is 408 g/mol. The van der Waals surface area contributed by atoms with Crippen LogP contribution in [-0.2, 0) is 9.59 Å². The first-order chi connectivity index (χ1) is 13.1. The van der Waals surface area contributed by atoms with E-state index in [1.54, 1.807) is 41.5 Å². The van der Waals surface area contributed by atoms with Gasteiger partial charge in [-0.1, -0.05) is 41.5 Å². The van der Waals surface area contributed by atoms with Crippen molar-refractivity contribution in [1.29, 1.82) is 0 Å².